The lowest BCUT2D eigenvalue weighted by atomic mass is 9.72. The highest BCUT2D eigenvalue weighted by Crippen LogP contribution is 2.58. The largest absolute Gasteiger partial charge is 0.381 e. The molecule has 2 bridgehead atoms. The molecule has 3 unspecified atom stereocenters. The molecule has 0 aromatic heterocycles. The van der Waals surface area contributed by atoms with Gasteiger partial charge in [-0.25, -0.2) is 0 Å². The summed E-state index contributed by atoms with van der Waals surface area (Å²) in [5.74, 6) is 2.75. The van der Waals surface area contributed by atoms with Crippen molar-refractivity contribution in [3.05, 3.63) is 0 Å². The molecule has 2 fully saturated rings. The van der Waals surface area contributed by atoms with Crippen LogP contribution in [0, 0.1) is 17.3 Å². The zero-order chi connectivity index (χ0) is 11.4. The quantitative estimate of drug-likeness (QED) is 0.481. The number of halogens is 1. The van der Waals surface area contributed by atoms with E-state index in [-0.39, 0.29) is 0 Å². The first-order valence-corrected chi connectivity index (χ1v) is 7.48. The SMILES string of the molecule is CCCCOCCC1(CCl)CC2CCC1C2. The second-order valence-electron chi connectivity index (χ2n) is 5.79. The van der Waals surface area contributed by atoms with Gasteiger partial charge in [0.05, 0.1) is 0 Å². The molecule has 94 valence electrons. The highest BCUT2D eigenvalue weighted by Gasteiger charge is 2.49. The third kappa shape index (κ3) is 2.56. The van der Waals surface area contributed by atoms with Crippen molar-refractivity contribution in [3.63, 3.8) is 0 Å². The number of hydrogen-bond acceptors (Lipinski definition) is 1. The van der Waals surface area contributed by atoms with Gasteiger partial charge in [0.15, 0.2) is 0 Å². The topological polar surface area (TPSA) is 9.23 Å². The third-order valence-electron chi connectivity index (χ3n) is 4.76. The van der Waals surface area contributed by atoms with Gasteiger partial charge in [-0.1, -0.05) is 19.8 Å². The van der Waals surface area contributed by atoms with E-state index in [1.54, 1.807) is 0 Å². The van der Waals surface area contributed by atoms with Crippen molar-refractivity contribution in [1.29, 1.82) is 0 Å². The number of unbranched alkanes of at least 4 members (excludes halogenated alkanes) is 1. The summed E-state index contributed by atoms with van der Waals surface area (Å²) >= 11 is 6.24. The maximum atomic E-state index is 6.24. The molecule has 2 aliphatic rings. The summed E-state index contributed by atoms with van der Waals surface area (Å²) in [5.41, 5.74) is 0.441. The summed E-state index contributed by atoms with van der Waals surface area (Å²) in [5, 5.41) is 0. The highest BCUT2D eigenvalue weighted by atomic mass is 35.5. The molecule has 1 nitrogen and oxygen atoms in total. The van der Waals surface area contributed by atoms with E-state index in [0.29, 0.717) is 5.41 Å². The molecule has 0 N–H and O–H groups in total. The van der Waals surface area contributed by atoms with Crippen LogP contribution < -0.4 is 0 Å². The first-order valence-electron chi connectivity index (χ1n) is 6.94. The fraction of sp³-hybridized carbons (Fsp3) is 1.00. The van der Waals surface area contributed by atoms with Crippen LogP contribution >= 0.6 is 11.6 Å². The van der Waals surface area contributed by atoms with Crippen LogP contribution in [0.15, 0.2) is 0 Å². The van der Waals surface area contributed by atoms with E-state index in [4.69, 9.17) is 16.3 Å². The van der Waals surface area contributed by atoms with E-state index in [0.717, 1.165) is 30.9 Å². The summed E-state index contributed by atoms with van der Waals surface area (Å²) < 4.78 is 5.71. The molecule has 2 rings (SSSR count). The molecule has 3 atom stereocenters. The Kier molecular flexibility index (Phi) is 4.55. The molecular weight excluding hydrogens is 220 g/mol. The second kappa shape index (κ2) is 5.73. The monoisotopic (exact) mass is 244 g/mol. The van der Waals surface area contributed by atoms with Crippen molar-refractivity contribution in [2.45, 2.75) is 51.9 Å². The van der Waals surface area contributed by atoms with E-state index in [1.807, 2.05) is 0 Å². The van der Waals surface area contributed by atoms with Crippen LogP contribution in [0.25, 0.3) is 0 Å². The Morgan fingerprint density at radius 1 is 1.31 bits per heavy atom. The van der Waals surface area contributed by atoms with Crippen LogP contribution in [0.1, 0.15) is 51.9 Å². The standard InChI is InChI=1S/C14H25ClO/c1-2-3-7-16-8-6-14(11-15)10-12-4-5-13(14)9-12/h12-13H,2-11H2,1H3. The minimum atomic E-state index is 0.441. The molecule has 16 heavy (non-hydrogen) atoms. The molecule has 0 amide bonds. The maximum Gasteiger partial charge on any atom is 0.0471 e. The Labute approximate surface area is 105 Å². The number of hydrogen-bond donors (Lipinski definition) is 0. The van der Waals surface area contributed by atoms with Gasteiger partial charge < -0.3 is 4.74 Å². The van der Waals surface area contributed by atoms with Gasteiger partial charge in [-0.2, -0.15) is 0 Å². The Hall–Kier alpha value is 0.250. The van der Waals surface area contributed by atoms with Crippen LogP contribution in [0.5, 0.6) is 0 Å². The fourth-order valence-corrected chi connectivity index (χ4v) is 4.18. The molecule has 2 aliphatic carbocycles. The number of fused-ring (bicyclic) bond motifs is 2. The van der Waals surface area contributed by atoms with Crippen molar-refractivity contribution in [1.82, 2.24) is 0 Å². The van der Waals surface area contributed by atoms with E-state index in [2.05, 4.69) is 6.92 Å². The molecule has 2 saturated carbocycles. The predicted octanol–water partition coefficient (Wildman–Crippen LogP) is 4.24. The van der Waals surface area contributed by atoms with E-state index in [9.17, 15) is 0 Å². The van der Waals surface area contributed by atoms with Crippen molar-refractivity contribution < 1.29 is 4.74 Å². The lowest BCUT2D eigenvalue weighted by molar-refractivity contribution is 0.0743. The first-order chi connectivity index (χ1) is 7.80. The smallest absolute Gasteiger partial charge is 0.0471 e. The normalized spacial score (nSPS) is 37.1. The van der Waals surface area contributed by atoms with Crippen molar-refractivity contribution >= 4 is 11.6 Å². The average Bonchev–Trinajstić information content (AvgIpc) is 2.89. The molecule has 0 spiro atoms. The van der Waals surface area contributed by atoms with Gasteiger partial charge in [0, 0.05) is 19.1 Å². The number of rotatable bonds is 7. The zero-order valence-corrected chi connectivity index (χ0v) is 11.3. The molecule has 0 saturated heterocycles. The average molecular weight is 245 g/mol. The van der Waals surface area contributed by atoms with Gasteiger partial charge >= 0.3 is 0 Å². The minimum absolute atomic E-state index is 0.441. The number of ether oxygens (including phenoxy) is 1. The van der Waals surface area contributed by atoms with E-state index < -0.39 is 0 Å². The molecule has 0 aliphatic heterocycles. The first kappa shape index (κ1) is 12.7. The van der Waals surface area contributed by atoms with Crippen LogP contribution in [0.3, 0.4) is 0 Å². The molecule has 0 aromatic rings. The lowest BCUT2D eigenvalue weighted by Gasteiger charge is -2.36. The molecule has 0 radical (unpaired) electrons. The van der Waals surface area contributed by atoms with Gasteiger partial charge in [-0.15, -0.1) is 11.6 Å². The van der Waals surface area contributed by atoms with Crippen LogP contribution in [-0.2, 0) is 4.74 Å². The highest BCUT2D eigenvalue weighted by molar-refractivity contribution is 6.18. The molecule has 0 aromatic carbocycles. The Morgan fingerprint density at radius 2 is 2.19 bits per heavy atom. The van der Waals surface area contributed by atoms with Gasteiger partial charge in [0.2, 0.25) is 0 Å². The maximum absolute atomic E-state index is 6.24. The van der Waals surface area contributed by atoms with Crippen LogP contribution in [0.4, 0.5) is 0 Å². The fourth-order valence-electron chi connectivity index (χ4n) is 3.72. The third-order valence-corrected chi connectivity index (χ3v) is 5.29. The summed E-state index contributed by atoms with van der Waals surface area (Å²) in [7, 11) is 0. The van der Waals surface area contributed by atoms with Crippen molar-refractivity contribution in [3.8, 4) is 0 Å². The lowest BCUT2D eigenvalue weighted by Crippen LogP contribution is -2.31. The van der Waals surface area contributed by atoms with E-state index in [1.165, 1.54) is 44.9 Å². The zero-order valence-electron chi connectivity index (χ0n) is 10.5. The molecular formula is C14H25ClO. The van der Waals surface area contributed by atoms with Gasteiger partial charge in [0.1, 0.15) is 0 Å². The van der Waals surface area contributed by atoms with Crippen molar-refractivity contribution in [2.24, 2.45) is 17.3 Å². The second-order valence-corrected chi connectivity index (χ2v) is 6.06. The summed E-state index contributed by atoms with van der Waals surface area (Å²) in [6, 6.07) is 0. The van der Waals surface area contributed by atoms with Crippen molar-refractivity contribution in [2.75, 3.05) is 19.1 Å². The summed E-state index contributed by atoms with van der Waals surface area (Å²) in [6.45, 7) is 4.07. The van der Waals surface area contributed by atoms with Gasteiger partial charge in [-0.3, -0.25) is 0 Å². The summed E-state index contributed by atoms with van der Waals surface area (Å²) in [4.78, 5) is 0. The molecule has 0 heterocycles. The number of alkyl halides is 1. The predicted molar refractivity (Wildman–Crippen MR) is 68.9 cm³/mol. The van der Waals surface area contributed by atoms with Crippen LogP contribution in [-0.4, -0.2) is 19.1 Å². The Morgan fingerprint density at radius 3 is 2.75 bits per heavy atom. The van der Waals surface area contributed by atoms with Crippen LogP contribution in [0.2, 0.25) is 0 Å². The Balaban J connectivity index is 1.73. The summed E-state index contributed by atoms with van der Waals surface area (Å²) in [6.07, 6.45) is 9.32. The van der Waals surface area contributed by atoms with Gasteiger partial charge in [0.25, 0.3) is 0 Å². The minimum Gasteiger partial charge on any atom is -0.381 e. The van der Waals surface area contributed by atoms with E-state index >= 15 is 0 Å². The van der Waals surface area contributed by atoms with Gasteiger partial charge in [-0.05, 0) is 49.4 Å². The molecule has 2 heteroatoms. The Bertz CT molecular complexity index is 219.